The Morgan fingerprint density at radius 3 is 1.40 bits per heavy atom. The van der Waals surface area contributed by atoms with Gasteiger partial charge < -0.3 is 0 Å². The van der Waals surface area contributed by atoms with E-state index in [0.29, 0.717) is 0 Å². The predicted molar refractivity (Wildman–Crippen MR) is 78.2 cm³/mol. The number of rotatable bonds is 10. The van der Waals surface area contributed by atoms with Crippen molar-refractivity contribution in [2.45, 2.75) is 64.7 Å². The van der Waals surface area contributed by atoms with E-state index in [1.54, 1.807) is 0 Å². The van der Waals surface area contributed by atoms with Gasteiger partial charge in [0.15, 0.2) is 0 Å². The van der Waals surface area contributed by atoms with Gasteiger partial charge in [0, 0.05) is 0 Å². The van der Waals surface area contributed by atoms with Crippen LogP contribution in [-0.4, -0.2) is 26.2 Å². The summed E-state index contributed by atoms with van der Waals surface area (Å²) >= 11 is 0. The molecule has 0 aliphatic carbocycles. The molecule has 0 aliphatic rings. The van der Waals surface area contributed by atoms with Crippen molar-refractivity contribution in [3.05, 3.63) is 0 Å². The Labute approximate surface area is 98.6 Å². The molecule has 0 amide bonds. The second kappa shape index (κ2) is 9.64. The molecule has 0 aromatic heterocycles. The zero-order valence-corrected chi connectivity index (χ0v) is 12.6. The van der Waals surface area contributed by atoms with Crippen molar-refractivity contribution in [2.24, 2.45) is 0 Å². The van der Waals surface area contributed by atoms with Crippen LogP contribution < -0.4 is 0 Å². The molecule has 0 unspecified atom stereocenters. The fourth-order valence-corrected chi connectivity index (χ4v) is 3.28. The van der Waals surface area contributed by atoms with Gasteiger partial charge in [-0.15, -0.1) is 0 Å². The van der Waals surface area contributed by atoms with Crippen LogP contribution in [-0.2, 0) is 0 Å². The zero-order valence-electron chi connectivity index (χ0n) is 11.6. The molecule has 0 heterocycles. The van der Waals surface area contributed by atoms with E-state index in [4.69, 9.17) is 0 Å². The van der Waals surface area contributed by atoms with Crippen molar-refractivity contribution >= 4 is 7.26 Å². The second-order valence-electron chi connectivity index (χ2n) is 6.14. The van der Waals surface area contributed by atoms with Gasteiger partial charge in [0.25, 0.3) is 0 Å². The second-order valence-corrected chi connectivity index (χ2v) is 11.8. The summed E-state index contributed by atoms with van der Waals surface area (Å²) in [7, 11) is -0.743. The van der Waals surface area contributed by atoms with E-state index in [1.165, 1.54) is 63.9 Å². The van der Waals surface area contributed by atoms with Crippen molar-refractivity contribution in [3.63, 3.8) is 0 Å². The Morgan fingerprint density at radius 2 is 1.00 bits per heavy atom. The molecule has 0 spiro atoms. The van der Waals surface area contributed by atoms with E-state index in [-0.39, 0.29) is 0 Å². The van der Waals surface area contributed by atoms with Gasteiger partial charge in [0.05, 0.1) is 0 Å². The molecule has 1 heteroatoms. The Morgan fingerprint density at radius 1 is 0.600 bits per heavy atom. The van der Waals surface area contributed by atoms with Gasteiger partial charge in [0.1, 0.15) is 0 Å². The van der Waals surface area contributed by atoms with Crippen molar-refractivity contribution in [2.75, 3.05) is 26.2 Å². The van der Waals surface area contributed by atoms with Crippen LogP contribution >= 0.6 is 7.26 Å². The zero-order chi connectivity index (χ0) is 11.6. The van der Waals surface area contributed by atoms with Gasteiger partial charge in [-0.1, -0.05) is 0 Å². The Kier molecular flexibility index (Phi) is 9.92. The molecular weight excluding hydrogens is 199 g/mol. The SMILES string of the molecule is CCCCCCCCCCC[PH](C)(C)C. The molecule has 0 nitrogen and oxygen atoms in total. The summed E-state index contributed by atoms with van der Waals surface area (Å²) in [6.07, 6.45) is 14.7. The molecule has 0 aromatic carbocycles. The monoisotopic (exact) mass is 232 g/mol. The summed E-state index contributed by atoms with van der Waals surface area (Å²) in [6.45, 7) is 9.74. The summed E-state index contributed by atoms with van der Waals surface area (Å²) in [6, 6.07) is 0. The predicted octanol–water partition coefficient (Wildman–Crippen LogP) is 5.16. The van der Waals surface area contributed by atoms with Crippen LogP contribution in [0.25, 0.3) is 0 Å². The summed E-state index contributed by atoms with van der Waals surface area (Å²) in [5.41, 5.74) is 0. The molecule has 0 aliphatic heterocycles. The first-order chi connectivity index (χ1) is 7.06. The first kappa shape index (κ1) is 15.4. The maximum absolute atomic E-state index is 2.48. The van der Waals surface area contributed by atoms with Gasteiger partial charge in [-0.25, -0.2) is 0 Å². The molecule has 0 atom stereocenters. The Bertz CT molecular complexity index is 124. The first-order valence-corrected chi connectivity index (χ1v) is 10.8. The normalized spacial score (nSPS) is 13.1. The number of hydrogen-bond acceptors (Lipinski definition) is 0. The summed E-state index contributed by atoms with van der Waals surface area (Å²) < 4.78 is 0. The fourth-order valence-electron chi connectivity index (χ4n) is 1.97. The van der Waals surface area contributed by atoms with Gasteiger partial charge in [-0.3, -0.25) is 0 Å². The van der Waals surface area contributed by atoms with Crippen LogP contribution in [0, 0.1) is 0 Å². The molecule has 0 aromatic rings. The molecule has 0 bridgehead atoms. The molecule has 94 valence electrons. The fraction of sp³-hybridized carbons (Fsp3) is 1.00. The van der Waals surface area contributed by atoms with Crippen molar-refractivity contribution in [1.29, 1.82) is 0 Å². The van der Waals surface area contributed by atoms with Crippen LogP contribution in [0.2, 0.25) is 0 Å². The third-order valence-corrected chi connectivity index (χ3v) is 4.88. The van der Waals surface area contributed by atoms with E-state index in [2.05, 4.69) is 26.9 Å². The van der Waals surface area contributed by atoms with E-state index >= 15 is 0 Å². The van der Waals surface area contributed by atoms with Crippen LogP contribution in [0.5, 0.6) is 0 Å². The van der Waals surface area contributed by atoms with Crippen LogP contribution in [0.4, 0.5) is 0 Å². The van der Waals surface area contributed by atoms with Gasteiger partial charge in [0.2, 0.25) is 0 Å². The molecule has 0 fully saturated rings. The number of hydrogen-bond donors (Lipinski definition) is 0. The van der Waals surface area contributed by atoms with E-state index < -0.39 is 7.26 Å². The van der Waals surface area contributed by atoms with Crippen LogP contribution in [0.1, 0.15) is 64.7 Å². The molecule has 0 rings (SSSR count). The topological polar surface area (TPSA) is 0 Å². The van der Waals surface area contributed by atoms with Gasteiger partial charge in [-0.2, -0.15) is 0 Å². The minimum atomic E-state index is -0.743. The standard InChI is InChI=1S/C14H33P/c1-5-6-7-8-9-10-11-12-13-14-15(2,3)4/h15H,5-14H2,1-4H3. The molecule has 0 N–H and O–H groups in total. The summed E-state index contributed by atoms with van der Waals surface area (Å²) in [5.74, 6) is 0. The molecule has 15 heavy (non-hydrogen) atoms. The summed E-state index contributed by atoms with van der Waals surface area (Å²) in [5, 5.41) is 0. The van der Waals surface area contributed by atoms with E-state index in [9.17, 15) is 0 Å². The molecule has 0 saturated heterocycles. The van der Waals surface area contributed by atoms with Crippen LogP contribution in [0.15, 0.2) is 0 Å². The van der Waals surface area contributed by atoms with Crippen molar-refractivity contribution in [3.8, 4) is 0 Å². The third-order valence-electron chi connectivity index (χ3n) is 3.03. The minimum absolute atomic E-state index is 0.743. The third kappa shape index (κ3) is 14.4. The summed E-state index contributed by atoms with van der Waals surface area (Å²) in [4.78, 5) is 0. The Balaban J connectivity index is 2.99. The Hall–Kier alpha value is 0.430. The van der Waals surface area contributed by atoms with E-state index in [1.807, 2.05) is 0 Å². The average Bonchev–Trinajstić information content (AvgIpc) is 2.14. The van der Waals surface area contributed by atoms with Gasteiger partial charge in [-0.05, 0) is 0 Å². The van der Waals surface area contributed by atoms with Crippen molar-refractivity contribution in [1.82, 2.24) is 0 Å². The number of unbranched alkanes of at least 4 members (excludes halogenated alkanes) is 8. The molecular formula is C14H33P. The molecule has 0 radical (unpaired) electrons. The molecule has 0 saturated carbocycles. The van der Waals surface area contributed by atoms with Crippen LogP contribution in [0.3, 0.4) is 0 Å². The quantitative estimate of drug-likeness (QED) is 0.360. The average molecular weight is 232 g/mol. The first-order valence-electron chi connectivity index (χ1n) is 7.06. The van der Waals surface area contributed by atoms with E-state index in [0.717, 1.165) is 0 Å². The van der Waals surface area contributed by atoms with Gasteiger partial charge >= 0.3 is 98.1 Å². The van der Waals surface area contributed by atoms with Crippen molar-refractivity contribution < 1.29 is 0 Å². The maximum atomic E-state index is 2.48.